The van der Waals surface area contributed by atoms with Crippen LogP contribution >= 0.6 is 0 Å². The van der Waals surface area contributed by atoms with E-state index in [0.29, 0.717) is 5.92 Å². The van der Waals surface area contributed by atoms with Gasteiger partial charge in [-0.3, -0.25) is 0 Å². The molecule has 0 saturated heterocycles. The summed E-state index contributed by atoms with van der Waals surface area (Å²) in [7, 11) is 0. The van der Waals surface area contributed by atoms with E-state index in [0.717, 1.165) is 16.3 Å². The van der Waals surface area contributed by atoms with Crippen LogP contribution in [-0.2, 0) is 0 Å². The highest BCUT2D eigenvalue weighted by atomic mass is 14.7. The minimum absolute atomic E-state index is 0.466. The van der Waals surface area contributed by atoms with E-state index in [2.05, 4.69) is 38.1 Å². The summed E-state index contributed by atoms with van der Waals surface area (Å²) < 4.78 is 0. The van der Waals surface area contributed by atoms with E-state index in [1.807, 2.05) is 25.1 Å². The average molecular weight is 201 g/mol. The van der Waals surface area contributed by atoms with E-state index >= 15 is 0 Å². The standard InChI is InChI=1S/C14H19N/c1-10(2)14-8-6-7-11(3)9-12(4)15-13(14)5/h6-10,15H,3,5H2,1-2,4H3. The number of rotatable bonds is 1. The highest BCUT2D eigenvalue weighted by Gasteiger charge is 1.96. The molecule has 0 spiro atoms. The van der Waals surface area contributed by atoms with Gasteiger partial charge in [-0.05, 0) is 29.7 Å². The second kappa shape index (κ2) is 4.83. The molecule has 1 aromatic heterocycles. The molecule has 1 aromatic rings. The van der Waals surface area contributed by atoms with Gasteiger partial charge in [-0.15, -0.1) is 0 Å². The maximum absolute atomic E-state index is 4.05. The molecule has 0 fully saturated rings. The summed E-state index contributed by atoms with van der Waals surface area (Å²) in [5, 5.41) is 1.96. The monoisotopic (exact) mass is 201 g/mol. The molecule has 0 radical (unpaired) electrons. The first-order valence-electron chi connectivity index (χ1n) is 5.22. The first-order chi connectivity index (χ1) is 7.00. The molecule has 1 nitrogen and oxygen atoms in total. The summed E-state index contributed by atoms with van der Waals surface area (Å²) in [5.74, 6) is 0.466. The van der Waals surface area contributed by atoms with Gasteiger partial charge in [-0.1, -0.05) is 45.2 Å². The van der Waals surface area contributed by atoms with E-state index in [1.165, 1.54) is 5.56 Å². The number of aryl methyl sites for hydroxylation is 1. The Morgan fingerprint density at radius 3 is 2.47 bits per heavy atom. The van der Waals surface area contributed by atoms with Gasteiger partial charge in [-0.2, -0.15) is 0 Å². The van der Waals surface area contributed by atoms with Crippen LogP contribution in [0.2, 0.25) is 0 Å². The zero-order valence-corrected chi connectivity index (χ0v) is 9.80. The van der Waals surface area contributed by atoms with Crippen molar-refractivity contribution in [2.75, 3.05) is 0 Å². The summed E-state index contributed by atoms with van der Waals surface area (Å²) in [4.78, 5) is 3.28. The molecule has 1 heterocycles. The SMILES string of the molecule is C=c1cccc(C(C)C)c(=C)[nH]c(C)c1. The molecule has 0 aliphatic heterocycles. The van der Waals surface area contributed by atoms with Crippen LogP contribution in [0.5, 0.6) is 0 Å². The maximum atomic E-state index is 4.05. The van der Waals surface area contributed by atoms with Crippen molar-refractivity contribution in [2.24, 2.45) is 0 Å². The molecule has 0 amide bonds. The predicted octanol–water partition coefficient (Wildman–Crippen LogP) is 2.39. The first kappa shape index (κ1) is 11.6. The number of aromatic amines is 1. The number of H-pyrrole nitrogens is 1. The Kier molecular flexibility index (Phi) is 3.73. The van der Waals surface area contributed by atoms with Gasteiger partial charge < -0.3 is 4.98 Å². The molecule has 0 aliphatic carbocycles. The van der Waals surface area contributed by atoms with Crippen molar-refractivity contribution in [3.05, 3.63) is 46.1 Å². The molecule has 0 aliphatic rings. The lowest BCUT2D eigenvalue weighted by Gasteiger charge is -2.02. The molecule has 15 heavy (non-hydrogen) atoms. The van der Waals surface area contributed by atoms with Crippen LogP contribution in [0.4, 0.5) is 0 Å². The molecule has 0 bridgehead atoms. The van der Waals surface area contributed by atoms with E-state index in [-0.39, 0.29) is 0 Å². The Bertz CT molecular complexity index is 479. The van der Waals surface area contributed by atoms with E-state index in [9.17, 15) is 0 Å². The largest absolute Gasteiger partial charge is 0.359 e. The van der Waals surface area contributed by atoms with Crippen LogP contribution < -0.4 is 10.6 Å². The Labute approximate surface area is 91.5 Å². The van der Waals surface area contributed by atoms with Crippen molar-refractivity contribution in [1.82, 2.24) is 4.98 Å². The Balaban J connectivity index is 3.63. The fraction of sp³-hybridized carbons (Fsp3) is 0.286. The van der Waals surface area contributed by atoms with Gasteiger partial charge in [0.2, 0.25) is 0 Å². The third kappa shape index (κ3) is 3.28. The lowest BCUT2D eigenvalue weighted by atomic mass is 10.1. The van der Waals surface area contributed by atoms with Gasteiger partial charge in [0.15, 0.2) is 0 Å². The minimum atomic E-state index is 0.466. The smallest absolute Gasteiger partial charge is 0.0343 e. The molecule has 1 heteroatoms. The normalized spacial score (nSPS) is 10.1. The van der Waals surface area contributed by atoms with Crippen LogP contribution in [0.3, 0.4) is 0 Å². The summed E-state index contributed by atoms with van der Waals surface area (Å²) >= 11 is 0. The lowest BCUT2D eigenvalue weighted by molar-refractivity contribution is 0.849. The van der Waals surface area contributed by atoms with Crippen molar-refractivity contribution in [3.63, 3.8) is 0 Å². The molecular weight excluding hydrogens is 182 g/mol. The zero-order valence-electron chi connectivity index (χ0n) is 9.80. The molecule has 0 aromatic carbocycles. The maximum Gasteiger partial charge on any atom is 0.0343 e. The summed E-state index contributed by atoms with van der Waals surface area (Å²) in [6, 6.07) is 8.14. The fourth-order valence-corrected chi connectivity index (χ4v) is 1.59. The average Bonchev–Trinajstić information content (AvgIpc) is 2.15. The van der Waals surface area contributed by atoms with Crippen molar-refractivity contribution in [2.45, 2.75) is 26.7 Å². The van der Waals surface area contributed by atoms with Gasteiger partial charge in [0.1, 0.15) is 0 Å². The van der Waals surface area contributed by atoms with E-state index < -0.39 is 0 Å². The van der Waals surface area contributed by atoms with Gasteiger partial charge in [0.05, 0.1) is 0 Å². The third-order valence-electron chi connectivity index (χ3n) is 2.31. The highest BCUT2D eigenvalue weighted by Crippen LogP contribution is 2.05. The predicted molar refractivity (Wildman–Crippen MR) is 67.5 cm³/mol. The van der Waals surface area contributed by atoms with Crippen LogP contribution in [0.1, 0.15) is 31.0 Å². The zero-order chi connectivity index (χ0) is 11.4. The minimum Gasteiger partial charge on any atom is -0.359 e. The number of nitrogens with one attached hydrogen (secondary N) is 1. The van der Waals surface area contributed by atoms with Gasteiger partial charge in [0, 0.05) is 11.0 Å². The molecule has 80 valence electrons. The summed E-state index contributed by atoms with van der Waals surface area (Å²) in [5.41, 5.74) is 2.30. The number of hydrogen-bond acceptors (Lipinski definition) is 0. The fourth-order valence-electron chi connectivity index (χ4n) is 1.59. The topological polar surface area (TPSA) is 15.8 Å². The van der Waals surface area contributed by atoms with E-state index in [4.69, 9.17) is 0 Å². The van der Waals surface area contributed by atoms with Crippen molar-refractivity contribution >= 4 is 13.2 Å². The first-order valence-corrected chi connectivity index (χ1v) is 5.22. The summed E-state index contributed by atoms with van der Waals surface area (Å²) in [6.07, 6.45) is 0. The van der Waals surface area contributed by atoms with Gasteiger partial charge in [0.25, 0.3) is 0 Å². The van der Waals surface area contributed by atoms with Crippen LogP contribution in [0.25, 0.3) is 13.2 Å². The molecule has 0 unspecified atom stereocenters. The Morgan fingerprint density at radius 1 is 1.20 bits per heavy atom. The summed E-state index contributed by atoms with van der Waals surface area (Å²) in [6.45, 7) is 14.3. The number of hydrogen-bond donors (Lipinski definition) is 1. The van der Waals surface area contributed by atoms with Gasteiger partial charge >= 0.3 is 0 Å². The third-order valence-corrected chi connectivity index (χ3v) is 2.31. The molecule has 1 rings (SSSR count). The van der Waals surface area contributed by atoms with Crippen LogP contribution in [0.15, 0.2) is 24.3 Å². The van der Waals surface area contributed by atoms with Crippen molar-refractivity contribution in [1.29, 1.82) is 0 Å². The van der Waals surface area contributed by atoms with Crippen LogP contribution in [-0.4, -0.2) is 4.98 Å². The van der Waals surface area contributed by atoms with Crippen LogP contribution in [0, 0.1) is 6.92 Å². The Hall–Kier alpha value is -1.50. The molecule has 0 saturated carbocycles. The highest BCUT2D eigenvalue weighted by molar-refractivity contribution is 5.19. The second-order valence-corrected chi connectivity index (χ2v) is 4.14. The van der Waals surface area contributed by atoms with Crippen molar-refractivity contribution < 1.29 is 0 Å². The lowest BCUT2D eigenvalue weighted by Crippen LogP contribution is -2.11. The molecule has 1 N–H and O–H groups in total. The quantitative estimate of drug-likeness (QED) is 0.718. The molecular formula is C14H19N. The van der Waals surface area contributed by atoms with E-state index in [1.54, 1.807) is 0 Å². The molecule has 0 atom stereocenters. The Morgan fingerprint density at radius 2 is 1.87 bits per heavy atom. The van der Waals surface area contributed by atoms with Gasteiger partial charge in [-0.25, -0.2) is 0 Å². The second-order valence-electron chi connectivity index (χ2n) is 4.14. The number of aromatic nitrogens is 1. The van der Waals surface area contributed by atoms with Crippen molar-refractivity contribution in [3.8, 4) is 0 Å².